The average molecular weight is 234 g/mol. The van der Waals surface area contributed by atoms with E-state index in [2.05, 4.69) is 32.2 Å². The van der Waals surface area contributed by atoms with Gasteiger partial charge in [-0.2, -0.15) is 0 Å². The van der Waals surface area contributed by atoms with E-state index in [1.54, 1.807) is 6.08 Å². The Hall–Kier alpha value is -1.30. The minimum atomic E-state index is 0.394. The first-order chi connectivity index (χ1) is 8.26. The number of allylic oxidation sites excluding steroid dienone is 8. The van der Waals surface area contributed by atoms with Crippen LogP contribution in [0.1, 0.15) is 41.5 Å². The zero-order valence-corrected chi connectivity index (χ0v) is 12.5. The van der Waals surface area contributed by atoms with Crippen molar-refractivity contribution < 1.29 is 0 Å². The molecule has 0 bridgehead atoms. The van der Waals surface area contributed by atoms with Crippen LogP contribution in [0, 0.1) is 5.92 Å². The van der Waals surface area contributed by atoms with Crippen LogP contribution in [0.25, 0.3) is 0 Å². The van der Waals surface area contributed by atoms with Crippen LogP contribution in [0.4, 0.5) is 0 Å². The van der Waals surface area contributed by atoms with E-state index in [9.17, 15) is 0 Å². The second-order valence-electron chi connectivity index (χ2n) is 2.81. The van der Waals surface area contributed by atoms with Crippen molar-refractivity contribution in [3.63, 3.8) is 0 Å². The van der Waals surface area contributed by atoms with E-state index in [0.29, 0.717) is 5.92 Å². The molecule has 98 valence electrons. The Morgan fingerprint density at radius 2 is 1.53 bits per heavy atom. The largest absolute Gasteiger partial charge is 0.102 e. The molecule has 0 aliphatic rings. The third-order valence-corrected chi connectivity index (χ3v) is 1.77. The van der Waals surface area contributed by atoms with E-state index < -0.39 is 0 Å². The molecule has 0 nitrogen and oxygen atoms in total. The van der Waals surface area contributed by atoms with E-state index in [0.717, 1.165) is 0 Å². The third kappa shape index (κ3) is 14.7. The Morgan fingerprint density at radius 3 is 1.88 bits per heavy atom. The van der Waals surface area contributed by atoms with Crippen LogP contribution < -0.4 is 0 Å². The lowest BCUT2D eigenvalue weighted by Crippen LogP contribution is -1.91. The van der Waals surface area contributed by atoms with Gasteiger partial charge in [-0.3, -0.25) is 0 Å². The molecular weight excluding hydrogens is 204 g/mol. The van der Waals surface area contributed by atoms with Crippen molar-refractivity contribution in [1.29, 1.82) is 0 Å². The van der Waals surface area contributed by atoms with Crippen LogP contribution in [0.3, 0.4) is 0 Å². The molecule has 0 heteroatoms. The molecule has 0 saturated carbocycles. The zero-order chi connectivity index (χ0) is 14.1. The summed E-state index contributed by atoms with van der Waals surface area (Å²) in [6.07, 6.45) is 13.8. The maximum Gasteiger partial charge on any atom is -0.00132 e. The molecule has 0 rings (SSSR count). The van der Waals surface area contributed by atoms with Crippen molar-refractivity contribution in [2.24, 2.45) is 5.92 Å². The smallest absolute Gasteiger partial charge is 0.00132 e. The molecule has 0 aromatic carbocycles. The monoisotopic (exact) mass is 234 g/mol. The van der Waals surface area contributed by atoms with E-state index in [1.807, 2.05) is 58.9 Å². The van der Waals surface area contributed by atoms with Crippen molar-refractivity contribution in [3.05, 3.63) is 61.3 Å². The number of hydrogen-bond donors (Lipinski definition) is 0. The van der Waals surface area contributed by atoms with Gasteiger partial charge in [-0.25, -0.2) is 0 Å². The summed E-state index contributed by atoms with van der Waals surface area (Å²) in [6.45, 7) is 19.5. The Balaban J connectivity index is -0.000000439. The lowest BCUT2D eigenvalue weighted by Gasteiger charge is -2.05. The summed E-state index contributed by atoms with van der Waals surface area (Å²) >= 11 is 0. The first-order valence-corrected chi connectivity index (χ1v) is 6.50. The van der Waals surface area contributed by atoms with Crippen LogP contribution >= 0.6 is 0 Å². The zero-order valence-electron chi connectivity index (χ0n) is 12.5. The Kier molecular flexibility index (Phi) is 24.9. The molecule has 0 aliphatic heterocycles. The predicted octanol–water partition coefficient (Wildman–Crippen LogP) is 6.11. The van der Waals surface area contributed by atoms with Crippen molar-refractivity contribution in [2.45, 2.75) is 41.5 Å². The van der Waals surface area contributed by atoms with Gasteiger partial charge in [0.1, 0.15) is 0 Å². The van der Waals surface area contributed by atoms with Gasteiger partial charge in [0.25, 0.3) is 0 Å². The van der Waals surface area contributed by atoms with E-state index in [4.69, 9.17) is 0 Å². The second kappa shape index (κ2) is 20.2. The Bertz CT molecular complexity index is 239. The highest BCUT2D eigenvalue weighted by molar-refractivity contribution is 5.28. The molecule has 0 aromatic heterocycles. The molecule has 0 N–H and O–H groups in total. The quantitative estimate of drug-likeness (QED) is 0.398. The van der Waals surface area contributed by atoms with Gasteiger partial charge in [-0.1, -0.05) is 83.7 Å². The molecule has 0 saturated heterocycles. The second-order valence-corrected chi connectivity index (χ2v) is 2.81. The van der Waals surface area contributed by atoms with Gasteiger partial charge in [-0.15, -0.1) is 6.58 Å². The summed E-state index contributed by atoms with van der Waals surface area (Å²) in [5.74, 6) is 0.394. The molecule has 0 heterocycles. The topological polar surface area (TPSA) is 0 Å². The summed E-state index contributed by atoms with van der Waals surface area (Å²) in [4.78, 5) is 0. The lowest BCUT2D eigenvalue weighted by molar-refractivity contribution is 0.894. The summed E-state index contributed by atoms with van der Waals surface area (Å²) in [7, 11) is 0. The van der Waals surface area contributed by atoms with Crippen molar-refractivity contribution in [3.8, 4) is 0 Å². The predicted molar refractivity (Wildman–Crippen MR) is 84.3 cm³/mol. The molecule has 0 aromatic rings. The van der Waals surface area contributed by atoms with E-state index in [-0.39, 0.29) is 0 Å². The van der Waals surface area contributed by atoms with Gasteiger partial charge in [0.15, 0.2) is 0 Å². The highest BCUT2D eigenvalue weighted by Crippen LogP contribution is 2.12. The Labute approximate surface area is 109 Å². The van der Waals surface area contributed by atoms with Crippen LogP contribution in [0.5, 0.6) is 0 Å². The van der Waals surface area contributed by atoms with Gasteiger partial charge < -0.3 is 0 Å². The van der Waals surface area contributed by atoms with Crippen molar-refractivity contribution >= 4 is 0 Å². The molecule has 0 aliphatic carbocycles. The van der Waals surface area contributed by atoms with Crippen LogP contribution in [0.15, 0.2) is 61.3 Å². The fourth-order valence-corrected chi connectivity index (χ4v) is 0.933. The molecule has 1 atom stereocenters. The molecule has 0 amide bonds. The van der Waals surface area contributed by atoms with Gasteiger partial charge in [0.05, 0.1) is 0 Å². The maximum atomic E-state index is 3.77. The molecule has 0 spiro atoms. The first-order valence-electron chi connectivity index (χ1n) is 6.50. The summed E-state index contributed by atoms with van der Waals surface area (Å²) < 4.78 is 0. The van der Waals surface area contributed by atoms with Crippen molar-refractivity contribution in [2.75, 3.05) is 0 Å². The summed E-state index contributed by atoms with van der Waals surface area (Å²) in [5, 5.41) is 0. The standard InChI is InChI=1S/C13H18.2C2H6/c1-5-8-9-11-13(10-6-2)12(4)7-3;2*1-2/h5-12H,1,3H2,2,4H3;2*1-2H3/b9-8-,10-6-,13-11-;;. The molecular formula is C17H30. The highest BCUT2D eigenvalue weighted by Gasteiger charge is 1.97. The maximum absolute atomic E-state index is 3.77. The van der Waals surface area contributed by atoms with Crippen LogP contribution in [-0.4, -0.2) is 0 Å². The van der Waals surface area contributed by atoms with Gasteiger partial charge >= 0.3 is 0 Å². The van der Waals surface area contributed by atoms with Crippen LogP contribution in [-0.2, 0) is 0 Å². The SMILES string of the molecule is C=C\C=C/C=C(/C=C\C)C(C)C=C.CC.CC. The number of hydrogen-bond acceptors (Lipinski definition) is 0. The fraction of sp³-hybridized carbons (Fsp3) is 0.412. The summed E-state index contributed by atoms with van der Waals surface area (Å²) in [6, 6.07) is 0. The van der Waals surface area contributed by atoms with Gasteiger partial charge in [0, 0.05) is 0 Å². The third-order valence-electron chi connectivity index (χ3n) is 1.77. The van der Waals surface area contributed by atoms with E-state index in [1.165, 1.54) is 5.57 Å². The first kappa shape index (κ1) is 21.0. The normalized spacial score (nSPS) is 12.2. The molecule has 17 heavy (non-hydrogen) atoms. The molecule has 0 fully saturated rings. The average Bonchev–Trinajstić information content (AvgIpc) is 2.41. The highest BCUT2D eigenvalue weighted by atomic mass is 14.0. The van der Waals surface area contributed by atoms with E-state index >= 15 is 0 Å². The van der Waals surface area contributed by atoms with Crippen molar-refractivity contribution in [1.82, 2.24) is 0 Å². The minimum Gasteiger partial charge on any atom is -0.102 e. The minimum absolute atomic E-state index is 0.394. The molecule has 1 unspecified atom stereocenters. The number of rotatable bonds is 5. The van der Waals surface area contributed by atoms with Gasteiger partial charge in [0.2, 0.25) is 0 Å². The summed E-state index contributed by atoms with van der Waals surface area (Å²) in [5.41, 5.74) is 1.26. The fourth-order valence-electron chi connectivity index (χ4n) is 0.933. The lowest BCUT2D eigenvalue weighted by atomic mass is 10.0. The molecule has 0 radical (unpaired) electrons. The van der Waals surface area contributed by atoms with Gasteiger partial charge in [-0.05, 0) is 18.4 Å². The Morgan fingerprint density at radius 1 is 1.00 bits per heavy atom. The van der Waals surface area contributed by atoms with Crippen LogP contribution in [0.2, 0.25) is 0 Å².